The first-order chi connectivity index (χ1) is 25.5. The Morgan fingerprint density at radius 3 is 2.04 bits per heavy atom. The van der Waals surface area contributed by atoms with Gasteiger partial charge in [-0.2, -0.15) is 0 Å². The molecule has 1 saturated heterocycles. The molecule has 1 aliphatic rings. The van der Waals surface area contributed by atoms with Crippen LogP contribution in [0.1, 0.15) is 120 Å². The first kappa shape index (κ1) is 46.3. The normalized spacial score (nSPS) is 17.7. The van der Waals surface area contributed by atoms with Crippen molar-refractivity contribution >= 4 is 27.0 Å². The first-order valence-electron chi connectivity index (χ1n) is 20.8. The minimum Gasteiger partial charge on any atom is -0.413 e. The van der Waals surface area contributed by atoms with Gasteiger partial charge in [0.1, 0.15) is 0 Å². The number of benzene rings is 2. The lowest BCUT2D eigenvalue weighted by Crippen LogP contribution is -2.66. The summed E-state index contributed by atoms with van der Waals surface area (Å²) in [5, 5.41) is 13.0. The number of rotatable bonds is 22. The van der Waals surface area contributed by atoms with Gasteiger partial charge in [-0.15, -0.1) is 0 Å². The maximum absolute atomic E-state index is 10.4. The van der Waals surface area contributed by atoms with Crippen LogP contribution in [-0.2, 0) is 18.3 Å². The van der Waals surface area contributed by atoms with E-state index in [1.807, 2.05) is 6.92 Å². The van der Waals surface area contributed by atoms with E-state index in [4.69, 9.17) is 18.3 Å². The van der Waals surface area contributed by atoms with E-state index < -0.39 is 16.6 Å². The molecule has 0 aromatic heterocycles. The number of ether oxygens (including phenoxy) is 2. The molecule has 1 fully saturated rings. The van der Waals surface area contributed by atoms with E-state index >= 15 is 0 Å². The van der Waals surface area contributed by atoms with Gasteiger partial charge < -0.3 is 23.4 Å². The Morgan fingerprint density at radius 1 is 0.870 bits per heavy atom. The van der Waals surface area contributed by atoms with Crippen LogP contribution >= 0.6 is 0 Å². The summed E-state index contributed by atoms with van der Waals surface area (Å²) >= 11 is 0. The van der Waals surface area contributed by atoms with Gasteiger partial charge >= 0.3 is 0 Å². The highest BCUT2D eigenvalue weighted by atomic mass is 28.4. The van der Waals surface area contributed by atoms with Crippen LogP contribution in [0.15, 0.2) is 96.1 Å². The standard InChI is InChI=1S/C47H76O5Si2/c1-38(23-21-35-50-45-29-18-19-34-49-45)22-20-24-41(37-51-53(10,11)46(4,5)6)31-33-42(32-30-40(3)48)39(2)36-52-54(47(7,8)9,43-25-14-12-15-26-43)44-27-16-13-17-28-44/h12-17,22,25-28,31,40,42,45,48H,2,18-21,23-24,29-30,32-37H2,1,3-11H3/b38-22+,41-31-/t40?,42-,45?/m0/s1. The highest BCUT2D eigenvalue weighted by molar-refractivity contribution is 6.99. The van der Waals surface area contributed by atoms with Crippen molar-refractivity contribution in [1.82, 2.24) is 0 Å². The molecule has 1 aliphatic heterocycles. The average Bonchev–Trinajstić information content (AvgIpc) is 3.12. The van der Waals surface area contributed by atoms with Crippen LogP contribution < -0.4 is 10.4 Å². The average molecular weight is 777 g/mol. The Kier molecular flexibility index (Phi) is 18.9. The molecule has 0 amide bonds. The fourth-order valence-electron chi connectivity index (χ4n) is 7.06. The van der Waals surface area contributed by atoms with E-state index in [1.165, 1.54) is 27.9 Å². The van der Waals surface area contributed by atoms with E-state index in [9.17, 15) is 5.11 Å². The monoisotopic (exact) mass is 777 g/mol. The molecule has 54 heavy (non-hydrogen) atoms. The van der Waals surface area contributed by atoms with Gasteiger partial charge in [0.25, 0.3) is 8.32 Å². The molecule has 1 heterocycles. The molecule has 0 radical (unpaired) electrons. The number of hydrogen-bond acceptors (Lipinski definition) is 5. The van der Waals surface area contributed by atoms with Gasteiger partial charge in [0.05, 0.1) is 25.9 Å². The van der Waals surface area contributed by atoms with Crippen molar-refractivity contribution in [1.29, 1.82) is 0 Å². The van der Waals surface area contributed by atoms with Crippen molar-refractivity contribution in [2.75, 3.05) is 26.4 Å². The summed E-state index contributed by atoms with van der Waals surface area (Å²) in [5.74, 6) is 0.186. The van der Waals surface area contributed by atoms with E-state index in [0.29, 0.717) is 13.2 Å². The Morgan fingerprint density at radius 2 is 1.50 bits per heavy atom. The van der Waals surface area contributed by atoms with Crippen molar-refractivity contribution in [2.45, 2.75) is 155 Å². The summed E-state index contributed by atoms with van der Waals surface area (Å²) < 4.78 is 25.8. The van der Waals surface area contributed by atoms with Gasteiger partial charge in [0.2, 0.25) is 0 Å². The molecule has 0 saturated carbocycles. The number of aliphatic hydroxyl groups excluding tert-OH is 1. The zero-order valence-corrected chi connectivity index (χ0v) is 37.8. The lowest BCUT2D eigenvalue weighted by molar-refractivity contribution is -0.162. The molecule has 7 heteroatoms. The molecule has 2 aromatic rings. The lowest BCUT2D eigenvalue weighted by atomic mass is 9.90. The topological polar surface area (TPSA) is 57.2 Å². The van der Waals surface area contributed by atoms with Crippen LogP contribution in [-0.4, -0.2) is 60.6 Å². The minimum absolute atomic E-state index is 0.0143. The molecule has 2 aromatic carbocycles. The third-order valence-electron chi connectivity index (χ3n) is 11.6. The second-order valence-corrected chi connectivity index (χ2v) is 27.4. The van der Waals surface area contributed by atoms with Gasteiger partial charge in [0.15, 0.2) is 14.6 Å². The van der Waals surface area contributed by atoms with E-state index in [1.54, 1.807) is 0 Å². The highest BCUT2D eigenvalue weighted by Gasteiger charge is 2.50. The fourth-order valence-corrected chi connectivity index (χ4v) is 12.6. The number of allylic oxidation sites excluding steroid dienone is 3. The molecule has 5 nitrogen and oxygen atoms in total. The molecule has 1 N–H and O–H groups in total. The van der Waals surface area contributed by atoms with Crippen LogP contribution in [0.25, 0.3) is 0 Å². The molecular weight excluding hydrogens is 701 g/mol. The largest absolute Gasteiger partial charge is 0.413 e. The summed E-state index contributed by atoms with van der Waals surface area (Å²) in [6, 6.07) is 21.7. The number of hydrogen-bond donors (Lipinski definition) is 1. The van der Waals surface area contributed by atoms with Crippen molar-refractivity contribution in [3.05, 3.63) is 96.1 Å². The van der Waals surface area contributed by atoms with Gasteiger partial charge in [0, 0.05) is 6.61 Å². The predicted octanol–water partition coefficient (Wildman–Crippen LogP) is 11.3. The quantitative estimate of drug-likeness (QED) is 0.0733. The molecular formula is C47H76O5Si2. The van der Waals surface area contributed by atoms with Gasteiger partial charge in [-0.1, -0.05) is 127 Å². The molecule has 0 spiro atoms. The number of aliphatic hydroxyl groups is 1. The molecule has 3 atom stereocenters. The van der Waals surface area contributed by atoms with Gasteiger partial charge in [-0.25, -0.2) is 0 Å². The molecule has 0 aliphatic carbocycles. The molecule has 302 valence electrons. The van der Waals surface area contributed by atoms with Crippen LogP contribution in [0.5, 0.6) is 0 Å². The van der Waals surface area contributed by atoms with Crippen molar-refractivity contribution in [3.8, 4) is 0 Å². The van der Waals surface area contributed by atoms with Crippen molar-refractivity contribution in [2.24, 2.45) is 5.92 Å². The maximum atomic E-state index is 10.4. The second-order valence-electron chi connectivity index (χ2n) is 18.2. The van der Waals surface area contributed by atoms with Crippen LogP contribution in [0.2, 0.25) is 23.2 Å². The molecule has 2 unspecified atom stereocenters. The Bertz CT molecular complexity index is 1390. The zero-order valence-electron chi connectivity index (χ0n) is 35.8. The summed E-state index contributed by atoms with van der Waals surface area (Å²) in [5.41, 5.74) is 3.86. The second kappa shape index (κ2) is 22.0. The van der Waals surface area contributed by atoms with Crippen LogP contribution in [0, 0.1) is 5.92 Å². The highest BCUT2D eigenvalue weighted by Crippen LogP contribution is 2.39. The Hall–Kier alpha value is -2.11. The Labute approximate surface area is 332 Å². The molecule has 0 bridgehead atoms. The third kappa shape index (κ3) is 14.4. The molecule has 3 rings (SSSR count). The van der Waals surface area contributed by atoms with Crippen molar-refractivity contribution < 1.29 is 23.4 Å². The predicted molar refractivity (Wildman–Crippen MR) is 235 cm³/mol. The third-order valence-corrected chi connectivity index (χ3v) is 21.1. The van der Waals surface area contributed by atoms with Gasteiger partial charge in [-0.3, -0.25) is 0 Å². The SMILES string of the molecule is C=C(CO[Si](c1ccccc1)(c1ccccc1)C(C)(C)C)[C@H](C/C=C(/CC/C=C(\C)CCCOC1CCCCO1)CO[Si](C)(C)C(C)(C)C)CCC(C)O. The first-order valence-corrected chi connectivity index (χ1v) is 25.6. The summed E-state index contributed by atoms with van der Waals surface area (Å²) in [6.45, 7) is 30.1. The zero-order chi connectivity index (χ0) is 39.8. The lowest BCUT2D eigenvalue weighted by Gasteiger charge is -2.43. The van der Waals surface area contributed by atoms with Crippen molar-refractivity contribution in [3.63, 3.8) is 0 Å². The fraction of sp³-hybridized carbons (Fsp3) is 0.617. The Balaban J connectivity index is 1.79. The minimum atomic E-state index is -2.71. The summed E-state index contributed by atoms with van der Waals surface area (Å²) in [7, 11) is -4.65. The van der Waals surface area contributed by atoms with E-state index in [0.717, 1.165) is 76.6 Å². The van der Waals surface area contributed by atoms with Crippen LogP contribution in [0.4, 0.5) is 0 Å². The van der Waals surface area contributed by atoms with E-state index in [-0.39, 0.29) is 28.4 Å². The summed E-state index contributed by atoms with van der Waals surface area (Å²) in [4.78, 5) is 0. The van der Waals surface area contributed by atoms with Crippen LogP contribution in [0.3, 0.4) is 0 Å². The van der Waals surface area contributed by atoms with Gasteiger partial charge in [-0.05, 0) is 129 Å². The smallest absolute Gasteiger partial charge is 0.261 e. The summed E-state index contributed by atoms with van der Waals surface area (Å²) in [6.07, 6.45) is 14.3. The van der Waals surface area contributed by atoms with E-state index in [2.05, 4.69) is 141 Å². The maximum Gasteiger partial charge on any atom is 0.261 e.